The normalized spacial score (nSPS) is 15.2. The molecule has 2 aliphatic heterocycles. The molecule has 1 N–H and O–H groups in total. The monoisotopic (exact) mass is 476 g/mol. The number of nitrogens with zero attached hydrogens (tertiary/aromatic N) is 3. The van der Waals surface area contributed by atoms with Crippen molar-refractivity contribution in [3.8, 4) is 11.5 Å². The van der Waals surface area contributed by atoms with Crippen LogP contribution in [-0.2, 0) is 0 Å². The molecule has 2 aliphatic rings. The number of hydrogen-bond donors (Lipinski definition) is 1. The van der Waals surface area contributed by atoms with E-state index < -0.39 is 0 Å². The minimum atomic E-state index is -0.0844. The Morgan fingerprint density at radius 3 is 2.32 bits per heavy atom. The van der Waals surface area contributed by atoms with Gasteiger partial charge in [0.2, 0.25) is 0 Å². The molecule has 0 aliphatic carbocycles. The van der Waals surface area contributed by atoms with Gasteiger partial charge in [0.15, 0.2) is 5.75 Å². The van der Waals surface area contributed by atoms with Gasteiger partial charge in [-0.15, -0.1) is 0 Å². The van der Waals surface area contributed by atoms with Gasteiger partial charge in [0.25, 0.3) is 0 Å². The van der Waals surface area contributed by atoms with Crippen LogP contribution < -0.4 is 10.1 Å². The Kier molecular flexibility index (Phi) is 5.34. The fourth-order valence-electron chi connectivity index (χ4n) is 3.77. The summed E-state index contributed by atoms with van der Waals surface area (Å²) in [6.45, 7) is 2.63. The van der Waals surface area contributed by atoms with Crippen LogP contribution in [0.4, 0.5) is 16.2 Å². The molecule has 31 heavy (non-hydrogen) atoms. The lowest BCUT2D eigenvalue weighted by Crippen LogP contribution is -2.51. The van der Waals surface area contributed by atoms with E-state index in [1.54, 1.807) is 0 Å². The van der Waals surface area contributed by atoms with Crippen LogP contribution in [0.25, 0.3) is 0 Å². The molecule has 156 valence electrons. The molecule has 0 spiro atoms. The van der Waals surface area contributed by atoms with E-state index in [4.69, 9.17) is 9.73 Å². The zero-order valence-corrected chi connectivity index (χ0v) is 18.4. The minimum Gasteiger partial charge on any atom is -0.454 e. The fraction of sp³-hybridized carbons (Fsp3) is 0.167. The van der Waals surface area contributed by atoms with Gasteiger partial charge >= 0.3 is 6.03 Å². The van der Waals surface area contributed by atoms with E-state index in [0.717, 1.165) is 38.7 Å². The largest absolute Gasteiger partial charge is 0.454 e. The van der Waals surface area contributed by atoms with Crippen molar-refractivity contribution in [1.82, 2.24) is 9.80 Å². The summed E-state index contributed by atoms with van der Waals surface area (Å²) in [5, 5.41) is 2.97. The summed E-state index contributed by atoms with van der Waals surface area (Å²) in [5.74, 6) is 2.42. The fourth-order valence-corrected chi connectivity index (χ4v) is 4.03. The summed E-state index contributed by atoms with van der Waals surface area (Å²) in [6.07, 6.45) is 0. The van der Waals surface area contributed by atoms with Crippen molar-refractivity contribution in [2.75, 3.05) is 31.5 Å². The van der Waals surface area contributed by atoms with Crippen LogP contribution in [0, 0.1) is 0 Å². The lowest BCUT2D eigenvalue weighted by atomic mass is 10.1. The topological polar surface area (TPSA) is 57.2 Å². The summed E-state index contributed by atoms with van der Waals surface area (Å²) < 4.78 is 7.12. The molecular formula is C24H21BrN4O2. The number of nitrogens with one attached hydrogen (secondary N) is 1. The number of carbonyl (C=O) groups excluding carboxylic acids is 1. The van der Waals surface area contributed by atoms with Crippen molar-refractivity contribution >= 4 is 39.2 Å². The first-order valence-electron chi connectivity index (χ1n) is 10.2. The SMILES string of the molecule is O=C(Nc1ccc(Br)cc1)N1CCN(C2=Nc3ccccc3Oc3ccccc32)CC1. The first-order valence-corrected chi connectivity index (χ1v) is 11.0. The summed E-state index contributed by atoms with van der Waals surface area (Å²) >= 11 is 3.41. The molecule has 0 atom stereocenters. The van der Waals surface area contributed by atoms with Crippen molar-refractivity contribution in [3.05, 3.63) is 82.8 Å². The standard InChI is InChI=1S/C24H21BrN4O2/c25-17-9-11-18(12-10-17)26-24(30)29-15-13-28(14-16-29)23-19-5-1-3-7-21(19)31-22-8-4-2-6-20(22)27-23/h1-12H,13-16H2,(H,26,30). The molecule has 3 aromatic rings. The number of anilines is 1. The van der Waals surface area contributed by atoms with Crippen LogP contribution in [0.2, 0.25) is 0 Å². The third-order valence-electron chi connectivity index (χ3n) is 5.40. The van der Waals surface area contributed by atoms with E-state index in [9.17, 15) is 4.79 Å². The Hall–Kier alpha value is -3.32. The van der Waals surface area contributed by atoms with Crippen molar-refractivity contribution in [2.24, 2.45) is 4.99 Å². The maximum atomic E-state index is 12.7. The number of urea groups is 1. The van der Waals surface area contributed by atoms with Crippen LogP contribution in [0.15, 0.2) is 82.3 Å². The molecule has 1 saturated heterocycles. The van der Waals surface area contributed by atoms with Crippen LogP contribution in [0.1, 0.15) is 5.56 Å². The Balaban J connectivity index is 1.33. The predicted octanol–water partition coefficient (Wildman–Crippen LogP) is 5.48. The van der Waals surface area contributed by atoms with Gasteiger partial charge < -0.3 is 19.9 Å². The number of benzene rings is 3. The second kappa shape index (κ2) is 8.43. The molecule has 0 bridgehead atoms. The quantitative estimate of drug-likeness (QED) is 0.505. The highest BCUT2D eigenvalue weighted by Crippen LogP contribution is 2.37. The zero-order valence-electron chi connectivity index (χ0n) is 16.8. The lowest BCUT2D eigenvalue weighted by Gasteiger charge is -2.36. The maximum absolute atomic E-state index is 12.7. The van der Waals surface area contributed by atoms with Gasteiger partial charge in [0.05, 0.1) is 5.56 Å². The van der Waals surface area contributed by atoms with Crippen LogP contribution >= 0.6 is 15.9 Å². The number of para-hydroxylation sites is 3. The van der Waals surface area contributed by atoms with Gasteiger partial charge in [-0.05, 0) is 48.5 Å². The first-order chi connectivity index (χ1) is 15.2. The highest BCUT2D eigenvalue weighted by molar-refractivity contribution is 9.10. The molecule has 0 saturated carbocycles. The Morgan fingerprint density at radius 2 is 1.55 bits per heavy atom. The molecular weight excluding hydrogens is 456 g/mol. The van der Waals surface area contributed by atoms with E-state index in [1.807, 2.05) is 77.7 Å². The number of halogens is 1. The summed E-state index contributed by atoms with van der Waals surface area (Å²) in [7, 11) is 0. The van der Waals surface area contributed by atoms with Gasteiger partial charge in [-0.3, -0.25) is 0 Å². The third kappa shape index (κ3) is 4.14. The number of carbonyl (C=O) groups is 1. The van der Waals surface area contributed by atoms with Crippen molar-refractivity contribution in [3.63, 3.8) is 0 Å². The Morgan fingerprint density at radius 1 is 0.871 bits per heavy atom. The Bertz CT molecular complexity index is 1140. The molecule has 2 amide bonds. The molecule has 0 aromatic heterocycles. The average molecular weight is 477 g/mol. The van der Waals surface area contributed by atoms with Gasteiger partial charge in [-0.2, -0.15) is 0 Å². The smallest absolute Gasteiger partial charge is 0.321 e. The number of ether oxygens (including phenoxy) is 1. The number of amidine groups is 1. The van der Waals surface area contributed by atoms with E-state index in [1.165, 1.54) is 0 Å². The number of aliphatic imine (C=N–C) groups is 1. The minimum absolute atomic E-state index is 0.0844. The van der Waals surface area contributed by atoms with Gasteiger partial charge in [0, 0.05) is 36.3 Å². The second-order valence-corrected chi connectivity index (χ2v) is 8.33. The summed E-state index contributed by atoms with van der Waals surface area (Å²) in [5.41, 5.74) is 2.56. The number of piperazine rings is 1. The third-order valence-corrected chi connectivity index (χ3v) is 5.93. The number of rotatable bonds is 1. The zero-order chi connectivity index (χ0) is 21.2. The second-order valence-electron chi connectivity index (χ2n) is 7.41. The Labute approximate surface area is 189 Å². The number of hydrogen-bond acceptors (Lipinski definition) is 4. The van der Waals surface area contributed by atoms with E-state index in [2.05, 4.69) is 26.1 Å². The maximum Gasteiger partial charge on any atom is 0.321 e. The highest BCUT2D eigenvalue weighted by Gasteiger charge is 2.27. The molecule has 3 aromatic carbocycles. The predicted molar refractivity (Wildman–Crippen MR) is 125 cm³/mol. The molecule has 7 heteroatoms. The van der Waals surface area contributed by atoms with E-state index in [-0.39, 0.29) is 6.03 Å². The van der Waals surface area contributed by atoms with Gasteiger partial charge in [-0.25, -0.2) is 9.79 Å². The van der Waals surface area contributed by atoms with E-state index >= 15 is 0 Å². The average Bonchev–Trinajstić information content (AvgIpc) is 2.97. The summed E-state index contributed by atoms with van der Waals surface area (Å²) in [4.78, 5) is 21.7. The highest BCUT2D eigenvalue weighted by atomic mass is 79.9. The van der Waals surface area contributed by atoms with Crippen molar-refractivity contribution in [1.29, 1.82) is 0 Å². The molecule has 5 rings (SSSR count). The van der Waals surface area contributed by atoms with Gasteiger partial charge in [0.1, 0.15) is 17.3 Å². The van der Waals surface area contributed by atoms with Crippen LogP contribution in [-0.4, -0.2) is 47.8 Å². The van der Waals surface area contributed by atoms with E-state index in [0.29, 0.717) is 26.2 Å². The molecule has 0 unspecified atom stereocenters. The van der Waals surface area contributed by atoms with Crippen molar-refractivity contribution in [2.45, 2.75) is 0 Å². The molecule has 2 heterocycles. The number of fused-ring (bicyclic) bond motifs is 2. The first kappa shape index (κ1) is 19.6. The van der Waals surface area contributed by atoms with Crippen LogP contribution in [0.5, 0.6) is 11.5 Å². The molecule has 0 radical (unpaired) electrons. The molecule has 1 fully saturated rings. The molecule has 6 nitrogen and oxygen atoms in total. The van der Waals surface area contributed by atoms with Crippen LogP contribution in [0.3, 0.4) is 0 Å². The van der Waals surface area contributed by atoms with Crippen molar-refractivity contribution < 1.29 is 9.53 Å². The summed E-state index contributed by atoms with van der Waals surface area (Å²) in [6, 6.07) is 23.3. The lowest BCUT2D eigenvalue weighted by molar-refractivity contribution is 0.181. The number of amides is 2. The van der Waals surface area contributed by atoms with Gasteiger partial charge in [-0.1, -0.05) is 40.2 Å².